The van der Waals surface area contributed by atoms with Gasteiger partial charge in [-0.3, -0.25) is 4.79 Å². The van der Waals surface area contributed by atoms with E-state index in [-0.39, 0.29) is 5.97 Å². The van der Waals surface area contributed by atoms with E-state index in [9.17, 15) is 4.79 Å². The normalized spacial score (nSPS) is 11.5. The summed E-state index contributed by atoms with van der Waals surface area (Å²) in [5, 5.41) is 0. The molecular weight excluding hydrogens is 222 g/mol. The Morgan fingerprint density at radius 3 is 2.00 bits per heavy atom. The Hall–Kier alpha value is -0.650. The van der Waals surface area contributed by atoms with Crippen LogP contribution in [-0.2, 0) is 19.0 Å². The first-order chi connectivity index (χ1) is 7.95. The van der Waals surface area contributed by atoms with Crippen molar-refractivity contribution in [2.75, 3.05) is 60.7 Å². The van der Waals surface area contributed by atoms with Crippen LogP contribution in [0.4, 0.5) is 0 Å². The molecule has 0 saturated heterocycles. The third kappa shape index (κ3) is 13.3. The first-order valence-corrected chi connectivity index (χ1v) is 6.07. The minimum Gasteiger partial charge on any atom is -0.463 e. The summed E-state index contributed by atoms with van der Waals surface area (Å²) in [4.78, 5) is 10.8. The predicted molar refractivity (Wildman–Crippen MR) is 65.8 cm³/mol. The molecule has 0 aliphatic carbocycles. The standard InChI is InChI=1S/C12H26NO4/c1-5-12(14)17-11-10-16-9-8-15-7-6-13(2,3)4/h5-11H2,1-4H3/q+1. The molecule has 0 atom stereocenters. The number of nitrogens with zero attached hydrogens (tertiary/aromatic N) is 1. The van der Waals surface area contributed by atoms with E-state index in [2.05, 4.69) is 21.1 Å². The van der Waals surface area contributed by atoms with Gasteiger partial charge in [0.25, 0.3) is 0 Å². The molecule has 0 aromatic carbocycles. The van der Waals surface area contributed by atoms with Gasteiger partial charge in [0.05, 0.1) is 47.6 Å². The number of hydrogen-bond acceptors (Lipinski definition) is 4. The van der Waals surface area contributed by atoms with Gasteiger partial charge < -0.3 is 18.7 Å². The molecule has 0 heterocycles. The van der Waals surface area contributed by atoms with Crippen LogP contribution in [-0.4, -0.2) is 71.2 Å². The molecule has 5 nitrogen and oxygen atoms in total. The van der Waals surface area contributed by atoms with Crippen molar-refractivity contribution in [3.8, 4) is 0 Å². The van der Waals surface area contributed by atoms with Crippen LogP contribution in [0, 0.1) is 0 Å². The predicted octanol–water partition coefficient (Wildman–Crippen LogP) is 0.679. The van der Waals surface area contributed by atoms with Crippen LogP contribution < -0.4 is 0 Å². The average Bonchev–Trinajstić information content (AvgIpc) is 2.25. The lowest BCUT2D eigenvalue weighted by atomic mass is 10.5. The van der Waals surface area contributed by atoms with E-state index in [0.717, 1.165) is 17.6 Å². The lowest BCUT2D eigenvalue weighted by molar-refractivity contribution is -0.870. The average molecular weight is 248 g/mol. The molecule has 0 aromatic rings. The molecule has 0 aliphatic heterocycles. The van der Waals surface area contributed by atoms with Gasteiger partial charge in [-0.15, -0.1) is 0 Å². The second kappa shape index (κ2) is 9.39. The molecule has 0 fully saturated rings. The van der Waals surface area contributed by atoms with Gasteiger partial charge in [-0.2, -0.15) is 0 Å². The SMILES string of the molecule is CCC(=O)OCCOCCOCC[N+](C)(C)C. The molecule has 17 heavy (non-hydrogen) atoms. The maximum atomic E-state index is 10.8. The van der Waals surface area contributed by atoms with E-state index in [1.165, 1.54) is 0 Å². The van der Waals surface area contributed by atoms with Crippen molar-refractivity contribution < 1.29 is 23.5 Å². The molecule has 0 unspecified atom stereocenters. The number of carbonyl (C=O) groups is 1. The van der Waals surface area contributed by atoms with E-state index in [1.807, 2.05) is 0 Å². The van der Waals surface area contributed by atoms with Crippen molar-refractivity contribution in [3.05, 3.63) is 0 Å². The Morgan fingerprint density at radius 2 is 1.47 bits per heavy atom. The van der Waals surface area contributed by atoms with E-state index in [4.69, 9.17) is 14.2 Å². The zero-order valence-electron chi connectivity index (χ0n) is 11.5. The third-order valence-corrected chi connectivity index (χ3v) is 2.06. The Morgan fingerprint density at radius 1 is 0.941 bits per heavy atom. The summed E-state index contributed by atoms with van der Waals surface area (Å²) in [6.45, 7) is 5.37. The molecule has 0 aromatic heterocycles. The lowest BCUT2D eigenvalue weighted by Gasteiger charge is -2.23. The fourth-order valence-electron chi connectivity index (χ4n) is 0.977. The highest BCUT2D eigenvalue weighted by Crippen LogP contribution is 1.90. The van der Waals surface area contributed by atoms with Gasteiger partial charge in [-0.1, -0.05) is 6.92 Å². The number of esters is 1. The van der Waals surface area contributed by atoms with Crippen LogP contribution in [0.25, 0.3) is 0 Å². The summed E-state index contributed by atoms with van der Waals surface area (Å²) < 4.78 is 16.4. The highest BCUT2D eigenvalue weighted by atomic mass is 16.6. The molecule has 0 rings (SSSR count). The topological polar surface area (TPSA) is 44.8 Å². The summed E-state index contributed by atoms with van der Waals surface area (Å²) in [5.41, 5.74) is 0. The van der Waals surface area contributed by atoms with Crippen LogP contribution in [0.15, 0.2) is 0 Å². The number of rotatable bonds is 10. The van der Waals surface area contributed by atoms with Gasteiger partial charge in [0.15, 0.2) is 0 Å². The molecular formula is C12H26NO4+. The zero-order chi connectivity index (χ0) is 13.1. The van der Waals surface area contributed by atoms with Gasteiger partial charge >= 0.3 is 5.97 Å². The van der Waals surface area contributed by atoms with Gasteiger partial charge in [0.1, 0.15) is 13.2 Å². The number of carbonyl (C=O) groups excluding carboxylic acids is 1. The molecule has 0 saturated carbocycles. The van der Waals surface area contributed by atoms with Gasteiger partial charge in [-0.25, -0.2) is 0 Å². The molecule has 0 aliphatic rings. The van der Waals surface area contributed by atoms with Crippen molar-refractivity contribution in [2.45, 2.75) is 13.3 Å². The Kier molecular flexibility index (Phi) is 9.03. The molecule has 0 radical (unpaired) electrons. The molecule has 5 heteroatoms. The second-order valence-corrected chi connectivity index (χ2v) is 4.81. The van der Waals surface area contributed by atoms with Crippen LogP contribution in [0.5, 0.6) is 0 Å². The number of likely N-dealkylation sites (N-methyl/N-ethyl adjacent to an activating group) is 1. The summed E-state index contributed by atoms with van der Waals surface area (Å²) in [5.74, 6) is -0.187. The molecule has 102 valence electrons. The maximum absolute atomic E-state index is 10.8. The third-order valence-electron chi connectivity index (χ3n) is 2.06. The molecule has 0 spiro atoms. The van der Waals surface area contributed by atoms with Crippen LogP contribution in [0.3, 0.4) is 0 Å². The molecule has 0 bridgehead atoms. The molecule has 0 N–H and O–H groups in total. The van der Waals surface area contributed by atoms with E-state index >= 15 is 0 Å². The van der Waals surface area contributed by atoms with Crippen molar-refractivity contribution in [3.63, 3.8) is 0 Å². The van der Waals surface area contributed by atoms with Gasteiger partial charge in [0, 0.05) is 6.42 Å². The Bertz CT molecular complexity index is 201. The number of quaternary nitrogens is 1. The van der Waals surface area contributed by atoms with Crippen molar-refractivity contribution in [2.24, 2.45) is 0 Å². The van der Waals surface area contributed by atoms with Crippen LogP contribution >= 0.6 is 0 Å². The number of hydrogen-bond donors (Lipinski definition) is 0. The summed E-state index contributed by atoms with van der Waals surface area (Å²) in [6, 6.07) is 0. The highest BCUT2D eigenvalue weighted by molar-refractivity contribution is 5.68. The fourth-order valence-corrected chi connectivity index (χ4v) is 0.977. The van der Waals surface area contributed by atoms with E-state index < -0.39 is 0 Å². The van der Waals surface area contributed by atoms with E-state index in [0.29, 0.717) is 32.8 Å². The maximum Gasteiger partial charge on any atom is 0.305 e. The van der Waals surface area contributed by atoms with Gasteiger partial charge in [-0.05, 0) is 0 Å². The van der Waals surface area contributed by atoms with Crippen LogP contribution in [0.2, 0.25) is 0 Å². The van der Waals surface area contributed by atoms with E-state index in [1.54, 1.807) is 6.92 Å². The summed E-state index contributed by atoms with van der Waals surface area (Å²) in [6.07, 6.45) is 0.411. The Balaban J connectivity index is 3.12. The Labute approximate surface area is 104 Å². The van der Waals surface area contributed by atoms with Crippen LogP contribution in [0.1, 0.15) is 13.3 Å². The first-order valence-electron chi connectivity index (χ1n) is 6.07. The minimum absolute atomic E-state index is 0.187. The summed E-state index contributed by atoms with van der Waals surface area (Å²) in [7, 11) is 6.38. The number of ether oxygens (including phenoxy) is 3. The van der Waals surface area contributed by atoms with Crippen molar-refractivity contribution >= 4 is 5.97 Å². The highest BCUT2D eigenvalue weighted by Gasteiger charge is 2.05. The largest absolute Gasteiger partial charge is 0.463 e. The minimum atomic E-state index is -0.187. The fraction of sp³-hybridized carbons (Fsp3) is 0.917. The quantitative estimate of drug-likeness (QED) is 0.324. The second-order valence-electron chi connectivity index (χ2n) is 4.81. The lowest BCUT2D eigenvalue weighted by Crippen LogP contribution is -2.37. The zero-order valence-corrected chi connectivity index (χ0v) is 11.5. The first kappa shape index (κ1) is 16.4. The molecule has 0 amide bonds. The summed E-state index contributed by atoms with van der Waals surface area (Å²) >= 11 is 0. The van der Waals surface area contributed by atoms with Crippen molar-refractivity contribution in [1.29, 1.82) is 0 Å². The van der Waals surface area contributed by atoms with Gasteiger partial charge in [0.2, 0.25) is 0 Å². The smallest absolute Gasteiger partial charge is 0.305 e. The monoisotopic (exact) mass is 248 g/mol. The van der Waals surface area contributed by atoms with Crippen molar-refractivity contribution in [1.82, 2.24) is 0 Å².